The summed E-state index contributed by atoms with van der Waals surface area (Å²) in [6.45, 7) is 1.51. The van der Waals surface area contributed by atoms with E-state index in [9.17, 15) is 9.18 Å². The van der Waals surface area contributed by atoms with Gasteiger partial charge in [0.2, 0.25) is 6.10 Å². The predicted molar refractivity (Wildman–Crippen MR) is 87.3 cm³/mol. The molecule has 2 rings (SSSR count). The van der Waals surface area contributed by atoms with Crippen molar-refractivity contribution in [3.8, 4) is 0 Å². The van der Waals surface area contributed by atoms with E-state index >= 15 is 0 Å². The Balaban J connectivity index is 1.88. The van der Waals surface area contributed by atoms with Crippen LogP contribution in [0.15, 0.2) is 59.8 Å². The van der Waals surface area contributed by atoms with Crippen molar-refractivity contribution < 1.29 is 14.0 Å². The number of carbonyl (C=O) groups is 1. The molecular weight excluding hydrogens is 297 g/mol. The third kappa shape index (κ3) is 5.10. The molecule has 1 amide bonds. The number of rotatable bonds is 6. The normalized spacial score (nSPS) is 12.5. The molecule has 1 atom stereocenters. The minimum Gasteiger partial charge on any atom is -0.384 e. The van der Waals surface area contributed by atoms with Gasteiger partial charge in [-0.3, -0.25) is 4.79 Å². The number of oxime groups is 1. The van der Waals surface area contributed by atoms with Crippen molar-refractivity contribution in [1.82, 2.24) is 0 Å². The van der Waals surface area contributed by atoms with E-state index in [1.807, 2.05) is 30.3 Å². The lowest BCUT2D eigenvalue weighted by Gasteiger charge is -2.11. The van der Waals surface area contributed by atoms with Gasteiger partial charge >= 0.3 is 0 Å². The minimum atomic E-state index is -0.899. The van der Waals surface area contributed by atoms with E-state index in [0.29, 0.717) is 6.42 Å². The second-order valence-electron chi connectivity index (χ2n) is 4.96. The SMILES string of the molecule is CC(O/N=C(/N)Cc1ccccc1)C(=O)Nc1ccccc1F. The van der Waals surface area contributed by atoms with Gasteiger partial charge in [-0.1, -0.05) is 47.6 Å². The third-order valence-electron chi connectivity index (χ3n) is 3.06. The van der Waals surface area contributed by atoms with Crippen molar-refractivity contribution in [2.24, 2.45) is 10.9 Å². The van der Waals surface area contributed by atoms with Crippen LogP contribution in [0.4, 0.5) is 10.1 Å². The lowest BCUT2D eigenvalue weighted by Crippen LogP contribution is -2.28. The van der Waals surface area contributed by atoms with Crippen LogP contribution in [0.25, 0.3) is 0 Å². The van der Waals surface area contributed by atoms with Gasteiger partial charge in [0, 0.05) is 6.42 Å². The highest BCUT2D eigenvalue weighted by Crippen LogP contribution is 2.13. The first-order valence-electron chi connectivity index (χ1n) is 7.13. The highest BCUT2D eigenvalue weighted by atomic mass is 19.1. The minimum absolute atomic E-state index is 0.0918. The van der Waals surface area contributed by atoms with E-state index in [4.69, 9.17) is 10.6 Å². The number of para-hydroxylation sites is 1. The summed E-state index contributed by atoms with van der Waals surface area (Å²) in [4.78, 5) is 17.0. The molecule has 0 saturated heterocycles. The van der Waals surface area contributed by atoms with Crippen LogP contribution in [-0.4, -0.2) is 17.8 Å². The summed E-state index contributed by atoms with van der Waals surface area (Å²) >= 11 is 0. The van der Waals surface area contributed by atoms with Gasteiger partial charge in [0.05, 0.1) is 5.69 Å². The predicted octanol–water partition coefficient (Wildman–Crippen LogP) is 2.68. The maximum atomic E-state index is 13.5. The number of anilines is 1. The van der Waals surface area contributed by atoms with Gasteiger partial charge in [-0.05, 0) is 24.6 Å². The lowest BCUT2D eigenvalue weighted by molar-refractivity contribution is -0.126. The van der Waals surface area contributed by atoms with E-state index in [0.717, 1.165) is 5.56 Å². The molecule has 6 heteroatoms. The number of amidine groups is 1. The van der Waals surface area contributed by atoms with E-state index in [1.54, 1.807) is 12.1 Å². The molecule has 0 aliphatic heterocycles. The van der Waals surface area contributed by atoms with Gasteiger partial charge in [0.25, 0.3) is 5.91 Å². The Bertz CT molecular complexity index is 689. The molecule has 23 heavy (non-hydrogen) atoms. The van der Waals surface area contributed by atoms with Crippen LogP contribution in [0.5, 0.6) is 0 Å². The average Bonchev–Trinajstić information content (AvgIpc) is 2.55. The van der Waals surface area contributed by atoms with E-state index in [-0.39, 0.29) is 11.5 Å². The quantitative estimate of drug-likeness (QED) is 0.489. The van der Waals surface area contributed by atoms with Crippen LogP contribution >= 0.6 is 0 Å². The van der Waals surface area contributed by atoms with Crippen LogP contribution in [0.2, 0.25) is 0 Å². The molecule has 2 aromatic rings. The molecule has 0 heterocycles. The van der Waals surface area contributed by atoms with Crippen molar-refractivity contribution in [3.05, 3.63) is 66.0 Å². The molecule has 1 unspecified atom stereocenters. The van der Waals surface area contributed by atoms with Crippen LogP contribution < -0.4 is 11.1 Å². The molecule has 0 radical (unpaired) electrons. The Morgan fingerprint density at radius 2 is 1.87 bits per heavy atom. The molecule has 0 saturated carbocycles. The van der Waals surface area contributed by atoms with Gasteiger partial charge in [-0.25, -0.2) is 4.39 Å². The van der Waals surface area contributed by atoms with Crippen molar-refractivity contribution in [1.29, 1.82) is 0 Å². The molecule has 0 spiro atoms. The number of nitrogens with two attached hydrogens (primary N) is 1. The first kappa shape index (κ1) is 16.5. The number of hydrogen-bond donors (Lipinski definition) is 2. The zero-order valence-corrected chi connectivity index (χ0v) is 12.7. The molecule has 3 N–H and O–H groups in total. The van der Waals surface area contributed by atoms with Crippen molar-refractivity contribution >= 4 is 17.4 Å². The summed E-state index contributed by atoms with van der Waals surface area (Å²) in [6, 6.07) is 15.4. The van der Waals surface area contributed by atoms with Crippen molar-refractivity contribution in [2.75, 3.05) is 5.32 Å². The summed E-state index contributed by atoms with van der Waals surface area (Å²) in [6.07, 6.45) is -0.480. The van der Waals surface area contributed by atoms with Gasteiger partial charge in [0.1, 0.15) is 11.7 Å². The molecule has 0 fully saturated rings. The molecule has 5 nitrogen and oxygen atoms in total. The second kappa shape index (κ2) is 7.93. The van der Waals surface area contributed by atoms with Crippen LogP contribution in [-0.2, 0) is 16.1 Å². The Labute approximate surface area is 133 Å². The fourth-order valence-corrected chi connectivity index (χ4v) is 1.83. The molecular formula is C17H18FN3O2. The van der Waals surface area contributed by atoms with Gasteiger partial charge in [0.15, 0.2) is 0 Å². The standard InChI is InChI=1S/C17H18FN3O2/c1-12(17(22)20-15-10-6-5-9-14(15)18)23-21-16(19)11-13-7-3-2-4-8-13/h2-10,12H,11H2,1H3,(H2,19,21)(H,20,22). The Morgan fingerprint density at radius 3 is 2.57 bits per heavy atom. The maximum Gasteiger partial charge on any atom is 0.268 e. The monoisotopic (exact) mass is 315 g/mol. The maximum absolute atomic E-state index is 13.5. The van der Waals surface area contributed by atoms with E-state index in [2.05, 4.69) is 10.5 Å². The van der Waals surface area contributed by atoms with Crippen molar-refractivity contribution in [2.45, 2.75) is 19.4 Å². The first-order valence-corrected chi connectivity index (χ1v) is 7.13. The number of hydrogen-bond acceptors (Lipinski definition) is 3. The summed E-state index contributed by atoms with van der Waals surface area (Å²) in [5.41, 5.74) is 6.84. The Hall–Kier alpha value is -2.89. The van der Waals surface area contributed by atoms with Crippen LogP contribution in [0, 0.1) is 5.82 Å². The van der Waals surface area contributed by atoms with Gasteiger partial charge < -0.3 is 15.9 Å². The van der Waals surface area contributed by atoms with Gasteiger partial charge in [-0.2, -0.15) is 0 Å². The van der Waals surface area contributed by atoms with Crippen LogP contribution in [0.3, 0.4) is 0 Å². The topological polar surface area (TPSA) is 76.7 Å². The van der Waals surface area contributed by atoms with Crippen LogP contribution in [0.1, 0.15) is 12.5 Å². The number of amides is 1. The fraction of sp³-hybridized carbons (Fsp3) is 0.176. The Morgan fingerprint density at radius 1 is 1.22 bits per heavy atom. The highest BCUT2D eigenvalue weighted by Gasteiger charge is 2.16. The lowest BCUT2D eigenvalue weighted by atomic mass is 10.1. The first-order chi connectivity index (χ1) is 11.1. The molecule has 0 aliphatic rings. The number of benzene rings is 2. The van der Waals surface area contributed by atoms with E-state index in [1.165, 1.54) is 19.1 Å². The largest absolute Gasteiger partial charge is 0.384 e. The van der Waals surface area contributed by atoms with E-state index < -0.39 is 17.8 Å². The second-order valence-corrected chi connectivity index (χ2v) is 4.96. The summed E-state index contributed by atoms with van der Waals surface area (Å²) in [5, 5.41) is 6.18. The summed E-state index contributed by atoms with van der Waals surface area (Å²) in [5.74, 6) is -0.770. The zero-order chi connectivity index (χ0) is 16.7. The number of nitrogens with one attached hydrogen (secondary N) is 1. The molecule has 0 bridgehead atoms. The number of nitrogens with zero attached hydrogens (tertiary/aromatic N) is 1. The molecule has 0 aromatic heterocycles. The smallest absolute Gasteiger partial charge is 0.268 e. The third-order valence-corrected chi connectivity index (χ3v) is 3.06. The summed E-state index contributed by atoms with van der Waals surface area (Å²) in [7, 11) is 0. The molecule has 120 valence electrons. The molecule has 2 aromatic carbocycles. The fourth-order valence-electron chi connectivity index (χ4n) is 1.83. The van der Waals surface area contributed by atoms with Crippen molar-refractivity contribution in [3.63, 3.8) is 0 Å². The van der Waals surface area contributed by atoms with Gasteiger partial charge in [-0.15, -0.1) is 0 Å². The highest BCUT2D eigenvalue weighted by molar-refractivity contribution is 5.94. The molecule has 0 aliphatic carbocycles. The number of halogens is 1. The zero-order valence-electron chi connectivity index (χ0n) is 12.7. The Kier molecular flexibility index (Phi) is 5.68. The average molecular weight is 315 g/mol. The number of carbonyl (C=O) groups excluding carboxylic acids is 1. The summed E-state index contributed by atoms with van der Waals surface area (Å²) < 4.78 is 13.5.